The molecule has 0 atom stereocenters. The van der Waals surface area contributed by atoms with Crippen molar-refractivity contribution in [2.75, 3.05) is 39.8 Å². The molecule has 1 aliphatic carbocycles. The first-order valence-electron chi connectivity index (χ1n) is 11.3. The number of nitrogens with zero attached hydrogens (tertiary/aromatic N) is 3. The van der Waals surface area contributed by atoms with Crippen molar-refractivity contribution in [3.8, 4) is 0 Å². The lowest BCUT2D eigenvalue weighted by molar-refractivity contribution is 0.120. The van der Waals surface area contributed by atoms with Crippen LogP contribution in [-0.4, -0.2) is 72.8 Å². The monoisotopic (exact) mass is 529 g/mol. The van der Waals surface area contributed by atoms with Crippen molar-refractivity contribution < 1.29 is 5.11 Å². The van der Waals surface area contributed by atoms with Crippen molar-refractivity contribution in [3.05, 3.63) is 35.4 Å². The van der Waals surface area contributed by atoms with Crippen LogP contribution in [0.1, 0.15) is 50.2 Å². The number of nitrogens with one attached hydrogen (secondary N) is 2. The molecule has 0 bridgehead atoms. The lowest BCUT2D eigenvalue weighted by Gasteiger charge is -2.27. The summed E-state index contributed by atoms with van der Waals surface area (Å²) in [5.74, 6) is 0.881. The summed E-state index contributed by atoms with van der Waals surface area (Å²) in [5, 5.41) is 16.6. The predicted octanol–water partition coefficient (Wildman–Crippen LogP) is 2.80. The van der Waals surface area contributed by atoms with Gasteiger partial charge in [-0.05, 0) is 70.3 Å². The number of hydrogen-bond acceptors (Lipinski definition) is 4. The average Bonchev–Trinajstić information content (AvgIpc) is 2.93. The van der Waals surface area contributed by atoms with Crippen LogP contribution in [0.15, 0.2) is 29.3 Å². The van der Waals surface area contributed by atoms with E-state index < -0.39 is 0 Å². The molecule has 2 aliphatic rings. The van der Waals surface area contributed by atoms with E-state index in [1.807, 2.05) is 0 Å². The molecule has 0 radical (unpaired) electrons. The van der Waals surface area contributed by atoms with Gasteiger partial charge in [0.05, 0.1) is 12.6 Å². The van der Waals surface area contributed by atoms with Crippen LogP contribution in [0, 0.1) is 0 Å². The molecule has 6 nitrogen and oxygen atoms in total. The van der Waals surface area contributed by atoms with Gasteiger partial charge in [-0.2, -0.15) is 0 Å². The van der Waals surface area contributed by atoms with E-state index in [0.717, 1.165) is 57.8 Å². The van der Waals surface area contributed by atoms with Gasteiger partial charge in [0.2, 0.25) is 0 Å². The number of aliphatic imine (C=N–C) groups is 1. The molecule has 2 fully saturated rings. The highest BCUT2D eigenvalue weighted by atomic mass is 127. The molecular formula is C23H40IN5O. The van der Waals surface area contributed by atoms with Crippen molar-refractivity contribution in [2.45, 2.75) is 64.3 Å². The second kappa shape index (κ2) is 13.5. The molecule has 3 N–H and O–H groups in total. The predicted molar refractivity (Wildman–Crippen MR) is 135 cm³/mol. The molecule has 1 saturated carbocycles. The summed E-state index contributed by atoms with van der Waals surface area (Å²) in [6.07, 6.45) is 4.90. The number of halogens is 1. The third-order valence-corrected chi connectivity index (χ3v) is 6.04. The second-order valence-corrected chi connectivity index (χ2v) is 8.59. The minimum absolute atomic E-state index is 0. The second-order valence-electron chi connectivity index (χ2n) is 8.59. The van der Waals surface area contributed by atoms with E-state index >= 15 is 0 Å². The van der Waals surface area contributed by atoms with Gasteiger partial charge < -0.3 is 20.6 Å². The third-order valence-electron chi connectivity index (χ3n) is 6.04. The summed E-state index contributed by atoms with van der Waals surface area (Å²) < 4.78 is 0. The van der Waals surface area contributed by atoms with E-state index in [4.69, 9.17) is 4.99 Å². The highest BCUT2D eigenvalue weighted by molar-refractivity contribution is 14.0. The number of likely N-dealkylation sites (N-methyl/N-ethyl adjacent to an activating group) is 1. The molecule has 3 rings (SSSR count). The van der Waals surface area contributed by atoms with Crippen LogP contribution in [0.2, 0.25) is 0 Å². The molecule has 0 aromatic heterocycles. The number of rotatable bonds is 6. The minimum Gasteiger partial charge on any atom is -0.393 e. The summed E-state index contributed by atoms with van der Waals surface area (Å²) in [6, 6.07) is 9.34. The smallest absolute Gasteiger partial charge is 0.191 e. The van der Waals surface area contributed by atoms with E-state index in [9.17, 15) is 5.11 Å². The Hall–Kier alpha value is -0.900. The van der Waals surface area contributed by atoms with E-state index in [1.165, 1.54) is 30.6 Å². The Labute approximate surface area is 199 Å². The Bertz CT molecular complexity index is 631. The van der Waals surface area contributed by atoms with E-state index in [2.05, 4.69) is 58.7 Å². The van der Waals surface area contributed by atoms with E-state index in [0.29, 0.717) is 12.6 Å². The van der Waals surface area contributed by atoms with Gasteiger partial charge in [-0.3, -0.25) is 4.90 Å². The topological polar surface area (TPSA) is 63.1 Å². The lowest BCUT2D eigenvalue weighted by atomic mass is 9.93. The fraction of sp³-hybridized carbons (Fsp3) is 0.696. The van der Waals surface area contributed by atoms with Gasteiger partial charge in [-0.15, -0.1) is 24.0 Å². The Morgan fingerprint density at radius 3 is 2.43 bits per heavy atom. The normalized spacial score (nSPS) is 24.0. The van der Waals surface area contributed by atoms with Crippen molar-refractivity contribution in [1.82, 2.24) is 20.4 Å². The van der Waals surface area contributed by atoms with E-state index in [1.54, 1.807) is 0 Å². The number of aliphatic hydroxyl groups is 1. The molecule has 170 valence electrons. The zero-order valence-corrected chi connectivity index (χ0v) is 21.0. The van der Waals surface area contributed by atoms with Crippen LogP contribution in [0.25, 0.3) is 0 Å². The van der Waals surface area contributed by atoms with Crippen molar-refractivity contribution in [2.24, 2.45) is 4.99 Å². The summed E-state index contributed by atoms with van der Waals surface area (Å²) >= 11 is 0. The Balaban J connectivity index is 0.00000320. The maximum atomic E-state index is 9.69. The molecule has 0 spiro atoms. The maximum Gasteiger partial charge on any atom is 0.191 e. The zero-order chi connectivity index (χ0) is 20.5. The molecular weight excluding hydrogens is 489 g/mol. The highest BCUT2D eigenvalue weighted by Crippen LogP contribution is 2.18. The quantitative estimate of drug-likeness (QED) is 0.301. The van der Waals surface area contributed by atoms with Gasteiger partial charge in [0.25, 0.3) is 0 Å². The molecule has 0 amide bonds. The first-order valence-corrected chi connectivity index (χ1v) is 11.3. The SMILES string of the molecule is CCNC(=NCc1ccc(CN2CCCN(C)CC2)cc1)NC1CCC(O)CC1.I. The number of benzene rings is 1. The Kier molecular flexibility index (Phi) is 11.4. The fourth-order valence-corrected chi connectivity index (χ4v) is 4.17. The van der Waals surface area contributed by atoms with Gasteiger partial charge in [0.15, 0.2) is 5.96 Å². The standard InChI is InChI=1S/C23H39N5O.HI/c1-3-24-23(26-21-9-11-22(29)12-10-21)25-17-19-5-7-20(8-6-19)18-28-14-4-13-27(2)15-16-28;/h5-8,21-22,29H,3-4,9-18H2,1-2H3,(H2,24,25,26);1H. The fourth-order valence-electron chi connectivity index (χ4n) is 4.17. The number of hydrogen-bond donors (Lipinski definition) is 3. The molecule has 30 heavy (non-hydrogen) atoms. The van der Waals surface area contributed by atoms with Crippen LogP contribution in [0.3, 0.4) is 0 Å². The van der Waals surface area contributed by atoms with Gasteiger partial charge in [-0.1, -0.05) is 24.3 Å². The van der Waals surface area contributed by atoms with Gasteiger partial charge in [0.1, 0.15) is 0 Å². The summed E-state index contributed by atoms with van der Waals surface area (Å²) in [7, 11) is 2.22. The molecule has 1 aromatic rings. The molecule has 1 saturated heterocycles. The molecule has 7 heteroatoms. The summed E-state index contributed by atoms with van der Waals surface area (Å²) in [4.78, 5) is 9.76. The molecule has 1 aliphatic heterocycles. The molecule has 1 heterocycles. The van der Waals surface area contributed by atoms with Crippen molar-refractivity contribution >= 4 is 29.9 Å². The maximum absolute atomic E-state index is 9.69. The summed E-state index contributed by atoms with van der Waals surface area (Å²) in [6.45, 7) is 9.37. The van der Waals surface area contributed by atoms with Crippen molar-refractivity contribution in [1.29, 1.82) is 0 Å². The first-order chi connectivity index (χ1) is 14.1. The number of guanidine groups is 1. The van der Waals surface area contributed by atoms with E-state index in [-0.39, 0.29) is 30.1 Å². The van der Waals surface area contributed by atoms with Crippen LogP contribution < -0.4 is 10.6 Å². The van der Waals surface area contributed by atoms with Gasteiger partial charge in [0, 0.05) is 32.2 Å². The Morgan fingerprint density at radius 1 is 1.03 bits per heavy atom. The van der Waals surface area contributed by atoms with Crippen LogP contribution in [0.5, 0.6) is 0 Å². The summed E-state index contributed by atoms with van der Waals surface area (Å²) in [5.41, 5.74) is 2.62. The highest BCUT2D eigenvalue weighted by Gasteiger charge is 2.20. The van der Waals surface area contributed by atoms with Gasteiger partial charge >= 0.3 is 0 Å². The van der Waals surface area contributed by atoms with Crippen molar-refractivity contribution in [3.63, 3.8) is 0 Å². The zero-order valence-electron chi connectivity index (χ0n) is 18.6. The largest absolute Gasteiger partial charge is 0.393 e. The number of aliphatic hydroxyl groups excluding tert-OH is 1. The first kappa shape index (κ1) is 25.4. The lowest BCUT2D eigenvalue weighted by Crippen LogP contribution is -2.45. The van der Waals surface area contributed by atoms with Gasteiger partial charge in [-0.25, -0.2) is 4.99 Å². The molecule has 0 unspecified atom stereocenters. The average molecular weight is 530 g/mol. The minimum atomic E-state index is -0.124. The van der Waals surface area contributed by atoms with Crippen LogP contribution in [-0.2, 0) is 13.1 Å². The van der Waals surface area contributed by atoms with Crippen LogP contribution >= 0.6 is 24.0 Å². The molecule has 1 aromatic carbocycles. The third kappa shape index (κ3) is 8.69. The van der Waals surface area contributed by atoms with Crippen LogP contribution in [0.4, 0.5) is 0 Å². The Morgan fingerprint density at radius 2 is 1.73 bits per heavy atom.